The molecule has 0 spiro atoms. The van der Waals surface area contributed by atoms with E-state index < -0.39 is 5.97 Å². The van der Waals surface area contributed by atoms with Gasteiger partial charge in [-0.05, 0) is 0 Å². The molecule has 0 aliphatic heterocycles. The van der Waals surface area contributed by atoms with Crippen LogP contribution in [-0.4, -0.2) is 11.3 Å². The van der Waals surface area contributed by atoms with E-state index in [1.165, 1.54) is 0 Å². The predicted octanol–water partition coefficient (Wildman–Crippen LogP) is -3.86. The Hall–Kier alpha value is 1.59. The third-order valence-electron chi connectivity index (χ3n) is 0.109. The van der Waals surface area contributed by atoms with Crippen molar-refractivity contribution < 1.29 is 61.3 Å². The maximum Gasteiger partial charge on any atom is 1.00 e. The van der Waals surface area contributed by atoms with E-state index in [1.807, 2.05) is 0 Å². The Kier molecular flexibility index (Phi) is 11.6. The second-order valence-corrected chi connectivity index (χ2v) is 1.07. The van der Waals surface area contributed by atoms with Crippen molar-refractivity contribution >= 4 is 21.9 Å². The minimum atomic E-state index is -1.08. The van der Waals surface area contributed by atoms with E-state index in [0.29, 0.717) is 0 Å². The van der Waals surface area contributed by atoms with E-state index in [2.05, 4.69) is 15.9 Å². The van der Waals surface area contributed by atoms with Crippen LogP contribution in [0.1, 0.15) is 0 Å². The summed E-state index contributed by atoms with van der Waals surface area (Å²) in [6, 6.07) is 0. The molecule has 0 aromatic carbocycles. The van der Waals surface area contributed by atoms with Crippen LogP contribution in [0, 0.1) is 0 Å². The van der Waals surface area contributed by atoms with Gasteiger partial charge in [-0.3, -0.25) is 0 Å². The Morgan fingerprint density at radius 3 is 2.00 bits per heavy atom. The molecule has 30 valence electrons. The maximum atomic E-state index is 9.21. The van der Waals surface area contributed by atoms with Gasteiger partial charge in [-0.2, -0.15) is 0 Å². The van der Waals surface area contributed by atoms with Crippen molar-refractivity contribution in [2.75, 3.05) is 5.33 Å². The quantitative estimate of drug-likeness (QED) is 0.304. The molecule has 0 bridgehead atoms. The summed E-state index contributed by atoms with van der Waals surface area (Å²) < 4.78 is 0. The number of carboxylic acids is 1. The molecule has 0 fully saturated rings. The number of halogens is 1. The Morgan fingerprint density at radius 1 is 1.83 bits per heavy atom. The molecule has 4 heteroatoms. The molecule has 0 aliphatic carbocycles. The molecule has 0 heterocycles. The molecule has 0 amide bonds. The summed E-state index contributed by atoms with van der Waals surface area (Å²) in [5.41, 5.74) is 0. The first-order chi connectivity index (χ1) is 2.27. The summed E-state index contributed by atoms with van der Waals surface area (Å²) in [6.45, 7) is 0. The molecule has 0 saturated heterocycles. The minimum Gasteiger partial charge on any atom is -0.549 e. The van der Waals surface area contributed by atoms with E-state index >= 15 is 0 Å². The van der Waals surface area contributed by atoms with Crippen LogP contribution in [0.15, 0.2) is 0 Å². The Morgan fingerprint density at radius 2 is 2.00 bits per heavy atom. The molecule has 0 atom stereocenters. The van der Waals surface area contributed by atoms with Crippen molar-refractivity contribution in [3.63, 3.8) is 0 Å². The maximum absolute atomic E-state index is 9.21. The fourth-order valence-electron chi connectivity index (χ4n) is 0. The number of carbonyl (C=O) groups excluding carboxylic acids is 1. The van der Waals surface area contributed by atoms with Gasteiger partial charge < -0.3 is 9.90 Å². The zero-order valence-electron chi connectivity index (χ0n) is 3.40. The molecule has 0 N–H and O–H groups in total. The van der Waals surface area contributed by atoms with Gasteiger partial charge in [-0.1, -0.05) is 15.9 Å². The van der Waals surface area contributed by atoms with Crippen molar-refractivity contribution in [1.82, 2.24) is 0 Å². The van der Waals surface area contributed by atoms with Crippen molar-refractivity contribution in [3.8, 4) is 0 Å². The van der Waals surface area contributed by atoms with Gasteiger partial charge >= 0.3 is 51.4 Å². The molecule has 0 aromatic rings. The molecule has 0 rings (SSSR count). The van der Waals surface area contributed by atoms with Crippen LogP contribution >= 0.6 is 15.9 Å². The first-order valence-electron chi connectivity index (χ1n) is 1.03. The van der Waals surface area contributed by atoms with E-state index in [1.54, 1.807) is 0 Å². The number of carbonyl (C=O) groups is 1. The first-order valence-corrected chi connectivity index (χ1v) is 2.15. The van der Waals surface area contributed by atoms with Crippen LogP contribution in [0.4, 0.5) is 0 Å². The SMILES string of the molecule is O=C([O-])CBr.[K+]. The normalized spacial score (nSPS) is 6.17. The smallest absolute Gasteiger partial charge is 0.549 e. The summed E-state index contributed by atoms with van der Waals surface area (Å²) in [6.07, 6.45) is 0. The average molecular weight is 177 g/mol. The van der Waals surface area contributed by atoms with Crippen LogP contribution in [0.5, 0.6) is 0 Å². The zero-order chi connectivity index (χ0) is 4.28. The summed E-state index contributed by atoms with van der Waals surface area (Å²) >= 11 is 2.65. The van der Waals surface area contributed by atoms with Gasteiger partial charge in [-0.15, -0.1) is 0 Å². The van der Waals surface area contributed by atoms with E-state index in [-0.39, 0.29) is 56.7 Å². The number of rotatable bonds is 1. The molecular formula is C2H2BrKO2. The van der Waals surface area contributed by atoms with Crippen LogP contribution in [0.3, 0.4) is 0 Å². The fraction of sp³-hybridized carbons (Fsp3) is 0.500. The monoisotopic (exact) mass is 176 g/mol. The minimum absolute atomic E-state index is 0. The van der Waals surface area contributed by atoms with Crippen LogP contribution in [-0.2, 0) is 4.79 Å². The Labute approximate surface area is 86.9 Å². The van der Waals surface area contributed by atoms with Gasteiger partial charge in [0.2, 0.25) is 0 Å². The number of aliphatic carboxylic acids is 1. The second kappa shape index (κ2) is 6.59. The number of carboxylic acid groups (broad SMARTS) is 1. The summed E-state index contributed by atoms with van der Waals surface area (Å²) in [7, 11) is 0. The molecule has 0 radical (unpaired) electrons. The van der Waals surface area contributed by atoms with Crippen molar-refractivity contribution in [3.05, 3.63) is 0 Å². The van der Waals surface area contributed by atoms with Crippen LogP contribution < -0.4 is 56.5 Å². The molecule has 0 unspecified atom stereocenters. The van der Waals surface area contributed by atoms with Crippen molar-refractivity contribution in [1.29, 1.82) is 0 Å². The Balaban J connectivity index is 0. The summed E-state index contributed by atoms with van der Waals surface area (Å²) in [5, 5.41) is 9.13. The molecule has 0 aromatic heterocycles. The second-order valence-electron chi connectivity index (χ2n) is 0.506. The molecule has 2 nitrogen and oxygen atoms in total. The third kappa shape index (κ3) is 9.14. The van der Waals surface area contributed by atoms with Gasteiger partial charge in [-0.25, -0.2) is 0 Å². The van der Waals surface area contributed by atoms with Gasteiger partial charge in [0.05, 0.1) is 5.97 Å². The van der Waals surface area contributed by atoms with Gasteiger partial charge in [0, 0.05) is 5.33 Å². The van der Waals surface area contributed by atoms with Crippen LogP contribution in [0.2, 0.25) is 0 Å². The van der Waals surface area contributed by atoms with Gasteiger partial charge in [0.25, 0.3) is 0 Å². The molecule has 0 saturated carbocycles. The average Bonchev–Trinajstić information content (AvgIpc) is 1.38. The standard InChI is InChI=1S/C2H3BrO2.K/c3-1-2(4)5;/h1H2,(H,4,5);/q;+1/p-1. The van der Waals surface area contributed by atoms with Crippen LogP contribution in [0.25, 0.3) is 0 Å². The third-order valence-corrected chi connectivity index (χ3v) is 0.567. The van der Waals surface area contributed by atoms with E-state index in [9.17, 15) is 9.90 Å². The summed E-state index contributed by atoms with van der Waals surface area (Å²) in [4.78, 5) is 9.21. The summed E-state index contributed by atoms with van der Waals surface area (Å²) in [5.74, 6) is -1.08. The number of hydrogen-bond donors (Lipinski definition) is 0. The molecule has 6 heavy (non-hydrogen) atoms. The van der Waals surface area contributed by atoms with E-state index in [0.717, 1.165) is 0 Å². The van der Waals surface area contributed by atoms with Gasteiger partial charge in [0.1, 0.15) is 0 Å². The molecular weight excluding hydrogens is 175 g/mol. The Bertz CT molecular complexity index is 46.8. The van der Waals surface area contributed by atoms with E-state index in [4.69, 9.17) is 0 Å². The van der Waals surface area contributed by atoms with Crippen molar-refractivity contribution in [2.24, 2.45) is 0 Å². The largest absolute Gasteiger partial charge is 1.00 e. The number of hydrogen-bond acceptors (Lipinski definition) is 2. The van der Waals surface area contributed by atoms with Gasteiger partial charge in [0.15, 0.2) is 0 Å². The first kappa shape index (κ1) is 10.5. The van der Waals surface area contributed by atoms with Crippen molar-refractivity contribution in [2.45, 2.75) is 0 Å². The predicted molar refractivity (Wildman–Crippen MR) is 18.8 cm³/mol. The fourth-order valence-corrected chi connectivity index (χ4v) is 0. The topological polar surface area (TPSA) is 40.1 Å². The molecule has 0 aliphatic rings. The number of alkyl halides is 1. The zero-order valence-corrected chi connectivity index (χ0v) is 8.11.